The van der Waals surface area contributed by atoms with Crippen molar-refractivity contribution in [2.24, 2.45) is 5.73 Å². The first-order chi connectivity index (χ1) is 7.95. The van der Waals surface area contributed by atoms with Crippen LogP contribution in [0, 0.1) is 0 Å². The fourth-order valence-electron chi connectivity index (χ4n) is 0.728. The molecule has 10 heteroatoms. The third-order valence-electron chi connectivity index (χ3n) is 1.63. The van der Waals surface area contributed by atoms with Crippen LogP contribution < -0.4 is 5.73 Å². The smallest absolute Gasteiger partial charge is 0.374 e. The zero-order valence-electron chi connectivity index (χ0n) is 9.81. The molecule has 0 aliphatic rings. The highest BCUT2D eigenvalue weighted by Gasteiger charge is 2.38. The maximum Gasteiger partial charge on any atom is 0.374 e. The van der Waals surface area contributed by atoms with Gasteiger partial charge in [-0.3, -0.25) is 4.79 Å². The summed E-state index contributed by atoms with van der Waals surface area (Å²) in [5.74, 6) is -1.86. The molecule has 0 saturated carbocycles. The van der Waals surface area contributed by atoms with Crippen LogP contribution in [0.1, 0.15) is 13.8 Å². The molecule has 0 rings (SSSR count). The number of hydrogen-bond acceptors (Lipinski definition) is 7. The second kappa shape index (κ2) is 8.86. The van der Waals surface area contributed by atoms with Crippen LogP contribution in [0.15, 0.2) is 0 Å². The van der Waals surface area contributed by atoms with E-state index in [0.29, 0.717) is 0 Å². The Bertz CT molecular complexity index is 305. The van der Waals surface area contributed by atoms with Gasteiger partial charge in [0.05, 0.1) is 4.75 Å². The Morgan fingerprint density at radius 1 is 1.44 bits per heavy atom. The van der Waals surface area contributed by atoms with Gasteiger partial charge >= 0.3 is 11.9 Å². The van der Waals surface area contributed by atoms with E-state index in [4.69, 9.17) is 15.9 Å². The molecule has 106 valence electrons. The van der Waals surface area contributed by atoms with Crippen molar-refractivity contribution in [3.05, 3.63) is 0 Å². The van der Waals surface area contributed by atoms with Gasteiger partial charge in [-0.2, -0.15) is 25.3 Å². The van der Waals surface area contributed by atoms with Crippen molar-refractivity contribution in [2.75, 3.05) is 5.75 Å². The van der Waals surface area contributed by atoms with E-state index in [1.165, 1.54) is 0 Å². The fourth-order valence-corrected chi connectivity index (χ4v) is 1.97. The van der Waals surface area contributed by atoms with E-state index < -0.39 is 28.8 Å². The third-order valence-corrected chi connectivity index (χ3v) is 2.69. The highest BCUT2D eigenvalue weighted by Crippen LogP contribution is 2.19. The summed E-state index contributed by atoms with van der Waals surface area (Å²) in [6.45, 7) is 3.31. The summed E-state index contributed by atoms with van der Waals surface area (Å²) in [6, 6.07) is -1.74. The average Bonchev–Trinajstić information content (AvgIpc) is 2.13. The van der Waals surface area contributed by atoms with Crippen LogP contribution in [0.5, 0.6) is 0 Å². The molecular weight excluding hydrogens is 316 g/mol. The van der Waals surface area contributed by atoms with E-state index in [2.05, 4.69) is 50.5 Å². The maximum absolute atomic E-state index is 10.6. The van der Waals surface area contributed by atoms with Gasteiger partial charge in [-0.15, -0.1) is 0 Å². The van der Waals surface area contributed by atoms with Gasteiger partial charge in [0.2, 0.25) is 0 Å². The molecule has 4 N–H and O–H groups in total. The molecule has 0 amide bonds. The minimum absolute atomic E-state index is 0.190. The first-order valence-electron chi connectivity index (χ1n) is 4.63. The summed E-state index contributed by atoms with van der Waals surface area (Å²) in [4.78, 5) is 20.3. The Labute approximate surface area is 127 Å². The van der Waals surface area contributed by atoms with Crippen molar-refractivity contribution in [3.63, 3.8) is 0 Å². The number of carbonyl (C=O) groups is 2. The van der Waals surface area contributed by atoms with Crippen LogP contribution in [0.4, 0.5) is 0 Å². The standard InChI is InChI=1S/C5H9NO2S3.C3H7NO2S/c1-5(2,9)3(4(7)8)6(10)11;4-2(1-7)3(5)6/h3,9H,1-2H3,(H,7,8);2,7H,1,4H2,(H,5,6)/t3-;2-/m10/s1. The molecule has 0 fully saturated rings. The van der Waals surface area contributed by atoms with Crippen LogP contribution in [0.25, 0.3) is 0 Å². The molecule has 0 aromatic carbocycles. The van der Waals surface area contributed by atoms with Crippen LogP contribution >= 0.6 is 25.3 Å². The molecule has 0 bridgehead atoms. The first kappa shape index (κ1) is 20.2. The van der Waals surface area contributed by atoms with Crippen molar-refractivity contribution < 1.29 is 23.2 Å². The number of nitrogens with two attached hydrogens (primary N) is 1. The normalized spacial score (nSPS) is 13.8. The minimum Gasteiger partial charge on any atom is -0.480 e. The maximum atomic E-state index is 10.6. The molecular formula is C8H16N2O4S4. The van der Waals surface area contributed by atoms with Gasteiger partial charge in [-0.1, -0.05) is 25.2 Å². The number of nitrogens with zero attached hydrogens (tertiary/aromatic N) is 1. The Balaban J connectivity index is 0. The second-order valence-electron chi connectivity index (χ2n) is 3.81. The molecule has 0 aliphatic carbocycles. The molecule has 0 spiro atoms. The zero-order valence-corrected chi connectivity index (χ0v) is 13.2. The van der Waals surface area contributed by atoms with Gasteiger partial charge < -0.3 is 15.9 Å². The Morgan fingerprint density at radius 2 is 1.83 bits per heavy atom. The summed E-state index contributed by atoms with van der Waals surface area (Å²) < 4.78 is 0.0880. The predicted octanol–water partition coefficient (Wildman–Crippen LogP) is -0.319. The van der Waals surface area contributed by atoms with Gasteiger partial charge in [0, 0.05) is 5.75 Å². The van der Waals surface area contributed by atoms with Crippen LogP contribution in [0.3, 0.4) is 0 Å². The van der Waals surface area contributed by atoms with Crippen molar-refractivity contribution in [1.82, 2.24) is 0 Å². The number of hydrogen-bond donors (Lipinski definition) is 5. The van der Waals surface area contributed by atoms with E-state index in [9.17, 15) is 9.59 Å². The summed E-state index contributed by atoms with van der Waals surface area (Å²) in [5.41, 5.74) is 4.94. The Kier molecular flexibility index (Phi) is 9.92. The average molecular weight is 332 g/mol. The molecule has 0 heterocycles. The number of aliphatic carboxylic acids is 2. The molecule has 0 unspecified atom stereocenters. The Hall–Kier alpha value is -0.160. The van der Waals surface area contributed by atoms with Crippen LogP contribution in [0.2, 0.25) is 0 Å². The predicted molar refractivity (Wildman–Crippen MR) is 78.9 cm³/mol. The topological polar surface area (TPSA) is 104 Å². The molecule has 0 aromatic rings. The lowest BCUT2D eigenvalue weighted by molar-refractivity contribution is -0.362. The lowest BCUT2D eigenvalue weighted by Gasteiger charge is -2.22. The molecule has 0 radical (unpaired) electrons. The van der Waals surface area contributed by atoms with E-state index in [1.54, 1.807) is 13.8 Å². The molecule has 0 saturated heterocycles. The van der Waals surface area contributed by atoms with Crippen molar-refractivity contribution in [3.8, 4) is 0 Å². The largest absolute Gasteiger partial charge is 0.480 e. The van der Waals surface area contributed by atoms with Gasteiger partial charge in [0.15, 0.2) is 0 Å². The van der Waals surface area contributed by atoms with E-state index in [-0.39, 0.29) is 5.75 Å². The lowest BCUT2D eigenvalue weighted by Crippen LogP contribution is -2.44. The summed E-state index contributed by atoms with van der Waals surface area (Å²) in [6.07, 6.45) is 0. The van der Waals surface area contributed by atoms with Gasteiger partial charge in [0.25, 0.3) is 6.04 Å². The summed E-state index contributed by atoms with van der Waals surface area (Å²) in [7, 11) is 0. The number of carboxylic acids is 2. The Morgan fingerprint density at radius 3 is 1.83 bits per heavy atom. The highest BCUT2D eigenvalue weighted by molar-refractivity contribution is 7.81. The fraction of sp³-hybridized carbons (Fsp3) is 0.750. The third kappa shape index (κ3) is 8.86. The van der Waals surface area contributed by atoms with Crippen molar-refractivity contribution in [1.29, 1.82) is 0 Å². The number of thiol groups is 2. The molecule has 2 atom stereocenters. The molecule has 0 aliphatic heterocycles. The minimum atomic E-state index is -1.05. The zero-order chi connectivity index (χ0) is 15.1. The number of carboxylic acid groups (broad SMARTS) is 2. The molecule has 6 nitrogen and oxygen atoms in total. The quantitative estimate of drug-likeness (QED) is 0.267. The van der Waals surface area contributed by atoms with Crippen LogP contribution in [-0.4, -0.2) is 48.1 Å². The van der Waals surface area contributed by atoms with Gasteiger partial charge in [-0.25, -0.2) is 8.15 Å². The molecule has 0 aromatic heterocycles. The first-order valence-corrected chi connectivity index (χ1v) is 6.44. The number of rotatable bonds is 5. The van der Waals surface area contributed by atoms with Crippen molar-refractivity contribution >= 4 is 62.4 Å². The van der Waals surface area contributed by atoms with Gasteiger partial charge in [-0.05, 0) is 13.8 Å². The monoisotopic (exact) mass is 332 g/mol. The van der Waals surface area contributed by atoms with Crippen molar-refractivity contribution in [2.45, 2.75) is 30.7 Å². The summed E-state index contributed by atoms with van der Waals surface area (Å²) in [5, 5.41) is 16.7. The summed E-state index contributed by atoms with van der Waals surface area (Å²) >= 11 is 16.8. The van der Waals surface area contributed by atoms with E-state index in [1.807, 2.05) is 0 Å². The SMILES string of the molecule is CC(C)(S)[C@@H](C(=O)O)[N+](=S)[S-].N[C@@H](CS)C(=O)O. The molecule has 18 heavy (non-hydrogen) atoms. The lowest BCUT2D eigenvalue weighted by atomic mass is 10.1. The second-order valence-corrected chi connectivity index (χ2v) is 6.34. The highest BCUT2D eigenvalue weighted by atomic mass is 32.2. The van der Waals surface area contributed by atoms with E-state index in [0.717, 1.165) is 3.35 Å². The van der Waals surface area contributed by atoms with Gasteiger partial charge in [0.1, 0.15) is 6.04 Å². The van der Waals surface area contributed by atoms with E-state index >= 15 is 0 Å². The van der Waals surface area contributed by atoms with Crippen LogP contribution in [-0.2, 0) is 34.8 Å².